The molecule has 142 valence electrons. The van der Waals surface area contributed by atoms with E-state index in [2.05, 4.69) is 6.07 Å². The van der Waals surface area contributed by atoms with Gasteiger partial charge in [-0.15, -0.1) is 0 Å². The Morgan fingerprint density at radius 3 is 2.81 bits per heavy atom. The summed E-state index contributed by atoms with van der Waals surface area (Å²) in [6.45, 7) is 3.76. The molecule has 1 spiro atoms. The lowest BCUT2D eigenvalue weighted by Gasteiger charge is -2.57. The van der Waals surface area contributed by atoms with Gasteiger partial charge in [0.1, 0.15) is 5.76 Å². The predicted molar refractivity (Wildman–Crippen MR) is 96.5 cm³/mol. The number of ether oxygens (including phenoxy) is 3. The second kappa shape index (κ2) is 5.50. The van der Waals surface area contributed by atoms with Crippen LogP contribution in [0.3, 0.4) is 0 Å². The number of nitrogens with zero attached hydrogens (tertiary/aromatic N) is 1. The van der Waals surface area contributed by atoms with Gasteiger partial charge in [0.2, 0.25) is 5.91 Å². The highest BCUT2D eigenvalue weighted by Gasteiger charge is 2.65. The summed E-state index contributed by atoms with van der Waals surface area (Å²) in [5, 5.41) is 0. The van der Waals surface area contributed by atoms with Gasteiger partial charge in [-0.1, -0.05) is 6.07 Å². The predicted octanol–water partition coefficient (Wildman–Crippen LogP) is 2.34. The Labute approximate surface area is 158 Å². The number of rotatable bonds is 2. The van der Waals surface area contributed by atoms with E-state index in [0.29, 0.717) is 18.1 Å². The van der Waals surface area contributed by atoms with E-state index in [1.54, 1.807) is 14.0 Å². The molecule has 0 radical (unpaired) electrons. The van der Waals surface area contributed by atoms with Crippen LogP contribution in [0.1, 0.15) is 37.8 Å². The van der Waals surface area contributed by atoms with Crippen LogP contribution in [0.5, 0.6) is 11.5 Å². The second-order valence-electron chi connectivity index (χ2n) is 7.95. The lowest BCUT2D eigenvalue weighted by molar-refractivity contribution is -0.142. The number of carbonyl (C=O) groups excluding carboxylic acids is 2. The molecule has 2 heterocycles. The molecule has 5 rings (SSSR count). The van der Waals surface area contributed by atoms with Gasteiger partial charge in [0.05, 0.1) is 12.5 Å². The van der Waals surface area contributed by atoms with E-state index in [1.165, 1.54) is 18.1 Å². The highest BCUT2D eigenvalue weighted by atomic mass is 16.6. The number of amides is 1. The van der Waals surface area contributed by atoms with Gasteiger partial charge < -0.3 is 19.1 Å². The maximum atomic E-state index is 12.3. The van der Waals surface area contributed by atoms with Gasteiger partial charge in [-0.3, -0.25) is 9.59 Å². The summed E-state index contributed by atoms with van der Waals surface area (Å²) in [4.78, 5) is 26.0. The van der Waals surface area contributed by atoms with Crippen molar-refractivity contribution in [3.05, 3.63) is 35.1 Å². The number of carbonyl (C=O) groups is 2. The Hall–Kier alpha value is -2.50. The standard InChI is InChI=1S/C21H23NO5/c1-11(23)22-9-8-21-14-5-7-17(26-12(2)24)20(21)27-19-16(25-3)6-4-13(18(19)21)10-15(14)22/h4,6-7,14-15,20H,5,8-10H2,1-3H3/t14-,15+,20?,21-/m1/s1. The van der Waals surface area contributed by atoms with Crippen molar-refractivity contribution in [3.63, 3.8) is 0 Å². The summed E-state index contributed by atoms with van der Waals surface area (Å²) in [7, 11) is 1.64. The molecule has 1 amide bonds. The average molecular weight is 369 g/mol. The lowest BCUT2D eigenvalue weighted by Crippen LogP contribution is -2.65. The summed E-state index contributed by atoms with van der Waals surface area (Å²) in [5.41, 5.74) is 2.15. The molecule has 6 heteroatoms. The van der Waals surface area contributed by atoms with E-state index in [4.69, 9.17) is 14.2 Å². The number of esters is 1. The van der Waals surface area contributed by atoms with Crippen LogP contribution in [0, 0.1) is 5.92 Å². The number of benzene rings is 1. The van der Waals surface area contributed by atoms with Crippen molar-refractivity contribution in [3.8, 4) is 11.5 Å². The summed E-state index contributed by atoms with van der Waals surface area (Å²) >= 11 is 0. The lowest BCUT2D eigenvalue weighted by atomic mass is 9.53. The monoisotopic (exact) mass is 369 g/mol. The minimum absolute atomic E-state index is 0.122. The van der Waals surface area contributed by atoms with E-state index < -0.39 is 0 Å². The number of likely N-dealkylation sites (tertiary alicyclic amines) is 1. The molecule has 0 aromatic heterocycles. The molecule has 27 heavy (non-hydrogen) atoms. The molecule has 4 atom stereocenters. The first-order valence-corrected chi connectivity index (χ1v) is 9.50. The largest absolute Gasteiger partial charge is 0.493 e. The van der Waals surface area contributed by atoms with Gasteiger partial charge in [0.25, 0.3) is 0 Å². The van der Waals surface area contributed by atoms with Crippen LogP contribution in [-0.4, -0.2) is 42.6 Å². The number of methoxy groups -OCH3 is 1. The second-order valence-corrected chi connectivity index (χ2v) is 7.95. The van der Waals surface area contributed by atoms with Crippen molar-refractivity contribution in [2.24, 2.45) is 5.92 Å². The van der Waals surface area contributed by atoms with Crippen molar-refractivity contribution >= 4 is 11.9 Å². The van der Waals surface area contributed by atoms with Crippen LogP contribution in [0.25, 0.3) is 0 Å². The fourth-order valence-corrected chi connectivity index (χ4v) is 5.93. The van der Waals surface area contributed by atoms with Crippen LogP contribution in [0.15, 0.2) is 24.0 Å². The fourth-order valence-electron chi connectivity index (χ4n) is 5.93. The van der Waals surface area contributed by atoms with Gasteiger partial charge in [-0.25, -0.2) is 0 Å². The van der Waals surface area contributed by atoms with Gasteiger partial charge in [-0.05, 0) is 42.9 Å². The molecule has 1 fully saturated rings. The third-order valence-corrected chi connectivity index (χ3v) is 6.82. The van der Waals surface area contributed by atoms with Crippen LogP contribution < -0.4 is 9.47 Å². The molecule has 0 N–H and O–H groups in total. The summed E-state index contributed by atoms with van der Waals surface area (Å²) in [6, 6.07) is 4.18. The zero-order valence-electron chi connectivity index (χ0n) is 15.8. The molecule has 0 saturated carbocycles. The Kier molecular flexibility index (Phi) is 3.39. The summed E-state index contributed by atoms with van der Waals surface area (Å²) in [5.74, 6) is 2.12. The van der Waals surface area contributed by atoms with Gasteiger partial charge in [0, 0.05) is 32.0 Å². The van der Waals surface area contributed by atoms with Crippen molar-refractivity contribution < 1.29 is 23.8 Å². The first-order chi connectivity index (χ1) is 13.0. The van der Waals surface area contributed by atoms with Gasteiger partial charge in [-0.2, -0.15) is 0 Å². The minimum atomic E-state index is -0.345. The molecule has 6 nitrogen and oxygen atoms in total. The maximum Gasteiger partial charge on any atom is 0.307 e. The molecule has 1 aromatic carbocycles. The summed E-state index contributed by atoms with van der Waals surface area (Å²) < 4.78 is 17.6. The topological polar surface area (TPSA) is 65.1 Å². The molecule has 2 aliphatic heterocycles. The first-order valence-electron chi connectivity index (χ1n) is 9.50. The Morgan fingerprint density at radius 1 is 1.30 bits per heavy atom. The van der Waals surface area contributed by atoms with Crippen molar-refractivity contribution in [1.29, 1.82) is 0 Å². The van der Waals surface area contributed by atoms with E-state index in [-0.39, 0.29) is 35.4 Å². The van der Waals surface area contributed by atoms with Gasteiger partial charge >= 0.3 is 5.97 Å². The quantitative estimate of drug-likeness (QED) is 0.749. The normalized spacial score (nSPS) is 32.2. The number of piperidine rings is 1. The average Bonchev–Trinajstić information content (AvgIpc) is 2.96. The third kappa shape index (κ3) is 2.01. The Morgan fingerprint density at radius 2 is 2.11 bits per heavy atom. The van der Waals surface area contributed by atoms with Crippen LogP contribution in [-0.2, 0) is 26.2 Å². The zero-order chi connectivity index (χ0) is 18.9. The Bertz CT molecular complexity index is 891. The molecule has 2 bridgehead atoms. The maximum absolute atomic E-state index is 12.3. The molecule has 2 aliphatic carbocycles. The number of allylic oxidation sites excluding steroid dienone is 1. The molecular formula is C21H23NO5. The van der Waals surface area contributed by atoms with Crippen molar-refractivity contribution in [2.45, 2.75) is 50.7 Å². The highest BCUT2D eigenvalue weighted by Crippen LogP contribution is 2.63. The van der Waals surface area contributed by atoms with E-state index >= 15 is 0 Å². The fraction of sp³-hybridized carbons (Fsp3) is 0.524. The Balaban J connectivity index is 1.73. The van der Waals surface area contributed by atoms with Crippen LogP contribution in [0.2, 0.25) is 0 Å². The first kappa shape index (κ1) is 16.7. The smallest absolute Gasteiger partial charge is 0.307 e. The number of hydrogen-bond acceptors (Lipinski definition) is 5. The third-order valence-electron chi connectivity index (χ3n) is 6.82. The van der Waals surface area contributed by atoms with Gasteiger partial charge in [0.15, 0.2) is 17.6 Å². The minimum Gasteiger partial charge on any atom is -0.493 e. The molecule has 4 aliphatic rings. The zero-order valence-corrected chi connectivity index (χ0v) is 15.8. The van der Waals surface area contributed by atoms with Crippen LogP contribution >= 0.6 is 0 Å². The SMILES string of the molecule is COc1ccc2c3c1OC1C(OC(C)=O)=CC[C@@H]4[C@H](C2)N(C(C)=O)CC[C@@]314. The molecule has 1 saturated heterocycles. The van der Waals surface area contributed by atoms with E-state index in [0.717, 1.165) is 25.0 Å². The number of hydrogen-bond donors (Lipinski definition) is 0. The van der Waals surface area contributed by atoms with Crippen LogP contribution in [0.4, 0.5) is 0 Å². The summed E-state index contributed by atoms with van der Waals surface area (Å²) in [6.07, 6.45) is 4.03. The van der Waals surface area contributed by atoms with Crippen molar-refractivity contribution in [2.75, 3.05) is 13.7 Å². The highest BCUT2D eigenvalue weighted by molar-refractivity contribution is 5.75. The molecule has 1 unspecified atom stereocenters. The van der Waals surface area contributed by atoms with E-state index in [9.17, 15) is 9.59 Å². The molecular weight excluding hydrogens is 346 g/mol. The van der Waals surface area contributed by atoms with Crippen molar-refractivity contribution in [1.82, 2.24) is 4.90 Å². The van der Waals surface area contributed by atoms with E-state index in [1.807, 2.05) is 17.0 Å². The molecule has 1 aromatic rings.